The zero-order chi connectivity index (χ0) is 13.8. The molecular weight excluding hydrogens is 244 g/mol. The van der Waals surface area contributed by atoms with E-state index >= 15 is 0 Å². The van der Waals surface area contributed by atoms with Crippen LogP contribution in [-0.4, -0.2) is 62.4 Å². The molecule has 0 aromatic heterocycles. The third-order valence-electron chi connectivity index (χ3n) is 3.59. The Balaban J connectivity index is 2.12. The van der Waals surface area contributed by atoms with Crippen LogP contribution in [0.2, 0.25) is 0 Å². The Morgan fingerprint density at radius 3 is 2.37 bits per heavy atom. The van der Waals surface area contributed by atoms with E-state index < -0.39 is 0 Å². The minimum absolute atomic E-state index is 0.181. The van der Waals surface area contributed by atoms with Crippen molar-refractivity contribution in [2.24, 2.45) is 0 Å². The number of piperazine rings is 1. The zero-order valence-corrected chi connectivity index (χ0v) is 11.8. The number of ether oxygens (including phenoxy) is 2. The van der Waals surface area contributed by atoms with E-state index in [2.05, 4.69) is 16.8 Å². The number of nitrogens with zero attached hydrogens (tertiary/aromatic N) is 2. The smallest absolute Gasteiger partial charge is 0.203 e. The Bertz CT molecular complexity index is 429. The molecule has 5 nitrogen and oxygen atoms in total. The first-order chi connectivity index (χ1) is 9.15. The number of hydrogen-bond acceptors (Lipinski definition) is 5. The van der Waals surface area contributed by atoms with E-state index in [4.69, 9.17) is 9.47 Å². The van der Waals surface area contributed by atoms with Gasteiger partial charge in [-0.15, -0.1) is 0 Å². The second-order valence-corrected chi connectivity index (χ2v) is 4.89. The monoisotopic (exact) mass is 266 g/mol. The molecular formula is C14H22N2O3. The van der Waals surface area contributed by atoms with E-state index in [1.54, 1.807) is 7.11 Å². The highest BCUT2D eigenvalue weighted by Crippen LogP contribution is 2.39. The van der Waals surface area contributed by atoms with Gasteiger partial charge in [0, 0.05) is 38.3 Å². The molecule has 106 valence electrons. The van der Waals surface area contributed by atoms with E-state index in [1.165, 1.54) is 7.11 Å². The summed E-state index contributed by atoms with van der Waals surface area (Å²) in [6.45, 7) is 4.90. The normalized spacial score (nSPS) is 17.4. The van der Waals surface area contributed by atoms with Crippen LogP contribution in [0.5, 0.6) is 17.2 Å². The summed E-state index contributed by atoms with van der Waals surface area (Å²) in [5, 5.41) is 10.2. The van der Waals surface area contributed by atoms with Gasteiger partial charge >= 0.3 is 0 Å². The van der Waals surface area contributed by atoms with Gasteiger partial charge in [-0.2, -0.15) is 0 Å². The molecule has 1 N–H and O–H groups in total. The van der Waals surface area contributed by atoms with Crippen molar-refractivity contribution >= 4 is 0 Å². The Hall–Kier alpha value is -1.46. The molecule has 5 heteroatoms. The van der Waals surface area contributed by atoms with Gasteiger partial charge in [-0.1, -0.05) is 6.07 Å². The Morgan fingerprint density at radius 1 is 1.11 bits per heavy atom. The van der Waals surface area contributed by atoms with Gasteiger partial charge < -0.3 is 19.5 Å². The predicted octanol–water partition coefficient (Wildman–Crippen LogP) is 1.16. The van der Waals surface area contributed by atoms with Gasteiger partial charge in [-0.3, -0.25) is 4.90 Å². The van der Waals surface area contributed by atoms with Gasteiger partial charge in [0.2, 0.25) is 5.75 Å². The average molecular weight is 266 g/mol. The number of likely N-dealkylation sites (N-methyl/N-ethyl adjacent to an activating group) is 1. The fourth-order valence-electron chi connectivity index (χ4n) is 2.33. The molecule has 1 fully saturated rings. The summed E-state index contributed by atoms with van der Waals surface area (Å²) < 4.78 is 10.4. The van der Waals surface area contributed by atoms with Crippen LogP contribution in [0.1, 0.15) is 5.56 Å². The molecule has 1 aromatic rings. The highest BCUT2D eigenvalue weighted by atomic mass is 16.5. The average Bonchev–Trinajstić information content (AvgIpc) is 2.43. The third kappa shape index (κ3) is 3.11. The fourth-order valence-corrected chi connectivity index (χ4v) is 2.33. The van der Waals surface area contributed by atoms with Crippen molar-refractivity contribution in [3.63, 3.8) is 0 Å². The van der Waals surface area contributed by atoms with Crippen LogP contribution < -0.4 is 9.47 Å². The summed E-state index contributed by atoms with van der Waals surface area (Å²) >= 11 is 0. The molecule has 0 unspecified atom stereocenters. The molecule has 0 aliphatic carbocycles. The number of aromatic hydroxyl groups is 1. The van der Waals surface area contributed by atoms with Gasteiger partial charge in [0.25, 0.3) is 0 Å². The van der Waals surface area contributed by atoms with Crippen LogP contribution >= 0.6 is 0 Å². The highest BCUT2D eigenvalue weighted by Gasteiger charge is 2.18. The minimum Gasteiger partial charge on any atom is -0.504 e. The van der Waals surface area contributed by atoms with Crippen molar-refractivity contribution in [3.05, 3.63) is 17.7 Å². The number of methoxy groups -OCH3 is 2. The second kappa shape index (κ2) is 6.12. The van der Waals surface area contributed by atoms with Crippen LogP contribution in [-0.2, 0) is 6.54 Å². The van der Waals surface area contributed by atoms with Gasteiger partial charge in [-0.05, 0) is 13.1 Å². The molecule has 0 spiro atoms. The molecule has 1 aromatic carbocycles. The molecule has 0 saturated carbocycles. The van der Waals surface area contributed by atoms with Crippen molar-refractivity contribution in [2.45, 2.75) is 6.54 Å². The van der Waals surface area contributed by atoms with Crippen LogP contribution in [0.15, 0.2) is 12.1 Å². The largest absolute Gasteiger partial charge is 0.504 e. The van der Waals surface area contributed by atoms with Crippen molar-refractivity contribution in [1.82, 2.24) is 9.80 Å². The first-order valence-corrected chi connectivity index (χ1v) is 6.49. The summed E-state index contributed by atoms with van der Waals surface area (Å²) in [5.74, 6) is 1.15. The molecule has 1 saturated heterocycles. The lowest BCUT2D eigenvalue weighted by Crippen LogP contribution is -2.43. The Morgan fingerprint density at radius 2 is 1.79 bits per heavy atom. The first kappa shape index (κ1) is 14.0. The van der Waals surface area contributed by atoms with Gasteiger partial charge in [0.1, 0.15) is 0 Å². The number of benzene rings is 1. The predicted molar refractivity (Wildman–Crippen MR) is 74.0 cm³/mol. The first-order valence-electron chi connectivity index (χ1n) is 6.49. The molecule has 19 heavy (non-hydrogen) atoms. The van der Waals surface area contributed by atoms with Crippen LogP contribution in [0.25, 0.3) is 0 Å². The van der Waals surface area contributed by atoms with E-state index in [9.17, 15) is 5.11 Å². The quantitative estimate of drug-likeness (QED) is 0.886. The minimum atomic E-state index is 0.181. The molecule has 0 atom stereocenters. The molecule has 0 bridgehead atoms. The SMILES string of the molecule is COc1ccc(CN2CCN(C)CC2)c(O)c1OC. The highest BCUT2D eigenvalue weighted by molar-refractivity contribution is 5.54. The van der Waals surface area contributed by atoms with Crippen molar-refractivity contribution in [2.75, 3.05) is 47.4 Å². The van der Waals surface area contributed by atoms with E-state index in [-0.39, 0.29) is 5.75 Å². The Kier molecular flexibility index (Phi) is 4.50. The van der Waals surface area contributed by atoms with Gasteiger partial charge in [0.05, 0.1) is 14.2 Å². The second-order valence-electron chi connectivity index (χ2n) is 4.89. The standard InChI is InChI=1S/C14H22N2O3/c1-15-6-8-16(9-7-15)10-11-4-5-12(18-2)14(19-3)13(11)17/h4-5,17H,6-10H2,1-3H3. The molecule has 0 amide bonds. The van der Waals surface area contributed by atoms with Crippen LogP contribution in [0.3, 0.4) is 0 Å². The lowest BCUT2D eigenvalue weighted by Gasteiger charge is -2.32. The molecule has 1 heterocycles. The number of rotatable bonds is 4. The number of phenolic OH excluding ortho intramolecular Hbond substituents is 1. The molecule has 0 radical (unpaired) electrons. The zero-order valence-electron chi connectivity index (χ0n) is 11.8. The van der Waals surface area contributed by atoms with E-state index in [0.29, 0.717) is 11.5 Å². The van der Waals surface area contributed by atoms with Gasteiger partial charge in [-0.25, -0.2) is 0 Å². The lowest BCUT2D eigenvalue weighted by molar-refractivity contribution is 0.147. The van der Waals surface area contributed by atoms with Gasteiger partial charge in [0.15, 0.2) is 11.5 Å². The lowest BCUT2D eigenvalue weighted by atomic mass is 10.1. The Labute approximate surface area is 114 Å². The topological polar surface area (TPSA) is 45.2 Å². The summed E-state index contributed by atoms with van der Waals surface area (Å²) in [5.41, 5.74) is 0.877. The summed E-state index contributed by atoms with van der Waals surface area (Å²) in [7, 11) is 5.24. The number of phenols is 1. The third-order valence-corrected chi connectivity index (χ3v) is 3.59. The van der Waals surface area contributed by atoms with Crippen molar-refractivity contribution < 1.29 is 14.6 Å². The summed E-state index contributed by atoms with van der Waals surface area (Å²) in [6, 6.07) is 3.74. The maximum Gasteiger partial charge on any atom is 0.203 e. The molecule has 1 aliphatic rings. The maximum atomic E-state index is 10.2. The molecule has 2 rings (SSSR count). The van der Waals surface area contributed by atoms with Crippen LogP contribution in [0.4, 0.5) is 0 Å². The summed E-state index contributed by atoms with van der Waals surface area (Å²) in [6.07, 6.45) is 0. The fraction of sp³-hybridized carbons (Fsp3) is 0.571. The maximum absolute atomic E-state index is 10.2. The molecule has 1 aliphatic heterocycles. The van der Waals surface area contributed by atoms with E-state index in [1.807, 2.05) is 12.1 Å². The van der Waals surface area contributed by atoms with Crippen LogP contribution in [0, 0.1) is 0 Å². The van der Waals surface area contributed by atoms with Crippen molar-refractivity contribution in [3.8, 4) is 17.2 Å². The van der Waals surface area contributed by atoms with E-state index in [0.717, 1.165) is 38.3 Å². The summed E-state index contributed by atoms with van der Waals surface area (Å²) in [4.78, 5) is 4.64. The van der Waals surface area contributed by atoms with Crippen molar-refractivity contribution in [1.29, 1.82) is 0 Å². The number of hydrogen-bond donors (Lipinski definition) is 1.